The van der Waals surface area contributed by atoms with Gasteiger partial charge in [0, 0.05) is 7.97 Å². The Kier molecular flexibility index (Phi) is 6.79. The largest absolute Gasteiger partial charge is 0.364 e. The van der Waals surface area contributed by atoms with Crippen molar-refractivity contribution >= 4 is 5.82 Å². The summed E-state index contributed by atoms with van der Waals surface area (Å²) in [5.74, 6) is 0.544. The van der Waals surface area contributed by atoms with E-state index in [1.54, 1.807) is 6.07 Å². The van der Waals surface area contributed by atoms with Crippen LogP contribution in [0.1, 0.15) is 44.6 Å². The number of aryl methyl sites for hydroxylation is 3. The van der Waals surface area contributed by atoms with Crippen LogP contribution < -0.4 is 5.32 Å². The predicted octanol–water partition coefficient (Wildman–Crippen LogP) is 4.68. The number of aromatic nitrogens is 2. The Hall–Kier alpha value is -1.97. The van der Waals surface area contributed by atoms with Crippen molar-refractivity contribution in [2.45, 2.75) is 47.6 Å². The fourth-order valence-electron chi connectivity index (χ4n) is 1.99. The third-order valence-electron chi connectivity index (χ3n) is 3.19. The molecule has 0 aliphatic heterocycles. The zero-order valence-electron chi connectivity index (χ0n) is 13.5. The minimum Gasteiger partial charge on any atom is -0.364 e. The molecule has 116 valence electrons. The number of rotatable bonds is 4. The Bertz CT molecular complexity index is 588. The molecule has 1 aromatic carbocycles. The van der Waals surface area contributed by atoms with Gasteiger partial charge in [0.25, 0.3) is 0 Å². The number of nitrogens with one attached hydrogen (secondary N) is 1. The van der Waals surface area contributed by atoms with Crippen LogP contribution in [0.3, 0.4) is 0 Å². The maximum absolute atomic E-state index is 13.0. The lowest BCUT2D eigenvalue weighted by molar-refractivity contribution is 0.625. The standard InChI is InChI=1S/C15H18FN3.C2H6.H2/c1-4-14-11(3)8-15(19-18-14)17-9-12-5-6-13(16)7-10(12)2;1-2;/h5-8H,4,9H2,1-3H3,(H,17,19);1-2H3;1H. The summed E-state index contributed by atoms with van der Waals surface area (Å²) >= 11 is 0. The first kappa shape index (κ1) is 17.1. The molecule has 21 heavy (non-hydrogen) atoms. The van der Waals surface area contributed by atoms with E-state index < -0.39 is 0 Å². The molecule has 0 aliphatic carbocycles. The van der Waals surface area contributed by atoms with Crippen molar-refractivity contribution in [3.63, 3.8) is 0 Å². The van der Waals surface area contributed by atoms with Gasteiger partial charge in [-0.2, -0.15) is 5.10 Å². The number of nitrogens with zero attached hydrogens (tertiary/aromatic N) is 2. The molecule has 0 saturated carbocycles. The molecule has 0 radical (unpaired) electrons. The highest BCUT2D eigenvalue weighted by Crippen LogP contribution is 2.14. The second kappa shape index (κ2) is 8.35. The molecule has 4 heteroatoms. The zero-order chi connectivity index (χ0) is 15.8. The van der Waals surface area contributed by atoms with Crippen LogP contribution in [0.15, 0.2) is 24.3 Å². The van der Waals surface area contributed by atoms with E-state index in [1.165, 1.54) is 12.1 Å². The van der Waals surface area contributed by atoms with Gasteiger partial charge in [-0.05, 0) is 55.2 Å². The number of hydrogen-bond acceptors (Lipinski definition) is 3. The second-order valence-electron chi connectivity index (χ2n) is 4.64. The summed E-state index contributed by atoms with van der Waals surface area (Å²) in [6.07, 6.45) is 0.885. The molecule has 2 aromatic rings. The van der Waals surface area contributed by atoms with E-state index >= 15 is 0 Å². The summed E-state index contributed by atoms with van der Waals surface area (Å²) in [5, 5.41) is 11.5. The maximum atomic E-state index is 13.0. The first-order chi connectivity index (χ1) is 10.1. The van der Waals surface area contributed by atoms with Crippen LogP contribution in [0.25, 0.3) is 0 Å². The number of anilines is 1. The van der Waals surface area contributed by atoms with Crippen molar-refractivity contribution in [2.75, 3.05) is 5.32 Å². The SMILES string of the molecule is CC.CCc1nnc(NCc2ccc(F)cc2C)cc1C.[HH]. The molecule has 0 fully saturated rings. The third-order valence-corrected chi connectivity index (χ3v) is 3.19. The number of hydrogen-bond donors (Lipinski definition) is 1. The van der Waals surface area contributed by atoms with E-state index in [0.717, 1.165) is 34.6 Å². The van der Waals surface area contributed by atoms with Crippen molar-refractivity contribution in [1.82, 2.24) is 10.2 Å². The topological polar surface area (TPSA) is 37.8 Å². The molecule has 2 rings (SSSR count). The highest BCUT2D eigenvalue weighted by atomic mass is 19.1. The lowest BCUT2D eigenvalue weighted by Crippen LogP contribution is -2.06. The van der Waals surface area contributed by atoms with Crippen molar-refractivity contribution < 1.29 is 5.82 Å². The number of halogens is 1. The molecule has 0 unspecified atom stereocenters. The van der Waals surface area contributed by atoms with E-state index in [2.05, 4.69) is 22.4 Å². The van der Waals surface area contributed by atoms with E-state index in [1.807, 2.05) is 33.8 Å². The van der Waals surface area contributed by atoms with Crippen molar-refractivity contribution in [2.24, 2.45) is 0 Å². The second-order valence-corrected chi connectivity index (χ2v) is 4.64. The van der Waals surface area contributed by atoms with Gasteiger partial charge in [0.05, 0.1) is 5.69 Å². The lowest BCUT2D eigenvalue weighted by Gasteiger charge is -2.09. The van der Waals surface area contributed by atoms with Gasteiger partial charge in [-0.15, -0.1) is 5.10 Å². The van der Waals surface area contributed by atoms with Gasteiger partial charge in [-0.25, -0.2) is 4.39 Å². The fraction of sp³-hybridized carbons (Fsp3) is 0.412. The molecule has 1 heterocycles. The van der Waals surface area contributed by atoms with Crippen LogP contribution in [0.5, 0.6) is 0 Å². The quantitative estimate of drug-likeness (QED) is 0.888. The summed E-state index contributed by atoms with van der Waals surface area (Å²) < 4.78 is 13.0. The zero-order valence-corrected chi connectivity index (χ0v) is 13.5. The van der Waals surface area contributed by atoms with Crippen molar-refractivity contribution in [3.8, 4) is 0 Å². The van der Waals surface area contributed by atoms with Crippen LogP contribution in [0.4, 0.5) is 10.2 Å². The molecule has 0 amide bonds. The summed E-state index contributed by atoms with van der Waals surface area (Å²) in [4.78, 5) is 0. The van der Waals surface area contributed by atoms with Gasteiger partial charge >= 0.3 is 0 Å². The van der Waals surface area contributed by atoms with E-state index in [-0.39, 0.29) is 7.24 Å². The van der Waals surface area contributed by atoms with Gasteiger partial charge < -0.3 is 5.32 Å². The predicted molar refractivity (Wildman–Crippen MR) is 88.1 cm³/mol. The Morgan fingerprint density at radius 2 is 1.81 bits per heavy atom. The minimum absolute atomic E-state index is 0. The van der Waals surface area contributed by atoms with E-state index in [9.17, 15) is 4.39 Å². The molecule has 0 saturated heterocycles. The Morgan fingerprint density at radius 1 is 1.10 bits per heavy atom. The van der Waals surface area contributed by atoms with E-state index in [4.69, 9.17) is 0 Å². The molecule has 3 nitrogen and oxygen atoms in total. The Balaban J connectivity index is 0.00000141. The van der Waals surface area contributed by atoms with Crippen molar-refractivity contribution in [1.29, 1.82) is 0 Å². The van der Waals surface area contributed by atoms with Gasteiger partial charge in [0.1, 0.15) is 11.6 Å². The average Bonchev–Trinajstić information content (AvgIpc) is 2.48. The van der Waals surface area contributed by atoms with Crippen LogP contribution >= 0.6 is 0 Å². The van der Waals surface area contributed by atoms with Gasteiger partial charge in [-0.1, -0.05) is 26.8 Å². The highest BCUT2D eigenvalue weighted by Gasteiger charge is 2.03. The summed E-state index contributed by atoms with van der Waals surface area (Å²) in [7, 11) is 0. The molecular formula is C17H26FN3. The van der Waals surface area contributed by atoms with Gasteiger partial charge in [0.2, 0.25) is 0 Å². The normalized spacial score (nSPS) is 9.81. The monoisotopic (exact) mass is 291 g/mol. The summed E-state index contributed by atoms with van der Waals surface area (Å²) in [6.45, 7) is 10.6. The highest BCUT2D eigenvalue weighted by molar-refractivity contribution is 5.39. The van der Waals surface area contributed by atoms with Crippen LogP contribution in [-0.4, -0.2) is 10.2 Å². The molecule has 0 aliphatic rings. The van der Waals surface area contributed by atoms with Crippen molar-refractivity contribution in [3.05, 3.63) is 52.5 Å². The Labute approximate surface area is 128 Å². The summed E-state index contributed by atoms with van der Waals surface area (Å²) in [5.41, 5.74) is 4.14. The molecule has 0 bridgehead atoms. The third kappa shape index (κ3) is 4.81. The first-order valence-electron chi connectivity index (χ1n) is 7.42. The molecule has 1 aromatic heterocycles. The first-order valence-corrected chi connectivity index (χ1v) is 7.42. The van der Waals surface area contributed by atoms with E-state index in [0.29, 0.717) is 6.54 Å². The smallest absolute Gasteiger partial charge is 0.149 e. The number of benzene rings is 1. The van der Waals surface area contributed by atoms with Crippen LogP contribution in [0.2, 0.25) is 0 Å². The average molecular weight is 291 g/mol. The molecular weight excluding hydrogens is 265 g/mol. The molecule has 0 atom stereocenters. The fourth-order valence-corrected chi connectivity index (χ4v) is 1.99. The lowest BCUT2D eigenvalue weighted by atomic mass is 10.1. The Morgan fingerprint density at radius 3 is 2.38 bits per heavy atom. The summed E-state index contributed by atoms with van der Waals surface area (Å²) in [6, 6.07) is 6.79. The van der Waals surface area contributed by atoms with Crippen LogP contribution in [0, 0.1) is 19.7 Å². The maximum Gasteiger partial charge on any atom is 0.149 e. The van der Waals surface area contributed by atoms with Gasteiger partial charge in [0.15, 0.2) is 0 Å². The minimum atomic E-state index is -0.204. The molecule has 1 N–H and O–H groups in total. The van der Waals surface area contributed by atoms with Crippen LogP contribution in [-0.2, 0) is 13.0 Å². The van der Waals surface area contributed by atoms with Gasteiger partial charge in [-0.3, -0.25) is 0 Å². The molecule has 0 spiro atoms.